The van der Waals surface area contributed by atoms with Crippen molar-refractivity contribution in [1.29, 1.82) is 0 Å². The van der Waals surface area contributed by atoms with Crippen LogP contribution in [-0.4, -0.2) is 42.5 Å². The van der Waals surface area contributed by atoms with Crippen molar-refractivity contribution in [3.05, 3.63) is 35.4 Å². The van der Waals surface area contributed by atoms with E-state index in [-0.39, 0.29) is 11.9 Å². The number of hydrogen-bond donors (Lipinski definition) is 2. The second kappa shape index (κ2) is 8.61. The number of nitrogens with one attached hydrogen (secondary N) is 2. The average molecular weight is 339 g/mol. The van der Waals surface area contributed by atoms with Crippen LogP contribution in [0.25, 0.3) is 0 Å². The van der Waals surface area contributed by atoms with Gasteiger partial charge in [-0.15, -0.1) is 0 Å². The number of urea groups is 1. The van der Waals surface area contributed by atoms with E-state index in [0.717, 1.165) is 30.9 Å². The fourth-order valence-corrected chi connectivity index (χ4v) is 2.67. The van der Waals surface area contributed by atoms with Crippen molar-refractivity contribution < 1.29 is 18.4 Å². The van der Waals surface area contributed by atoms with Crippen molar-refractivity contribution >= 4 is 11.9 Å². The predicted octanol–water partition coefficient (Wildman–Crippen LogP) is 2.21. The molecule has 132 valence electrons. The number of rotatable bonds is 5. The third-order valence-corrected chi connectivity index (χ3v) is 4.14. The van der Waals surface area contributed by atoms with Gasteiger partial charge in [0.05, 0.1) is 0 Å². The number of halogens is 2. The van der Waals surface area contributed by atoms with E-state index in [4.69, 9.17) is 0 Å². The molecule has 0 bridgehead atoms. The zero-order valence-corrected chi connectivity index (χ0v) is 13.8. The molecule has 1 atom stereocenters. The molecule has 5 nitrogen and oxygen atoms in total. The van der Waals surface area contributed by atoms with Crippen LogP contribution in [0.1, 0.15) is 31.7 Å². The highest BCUT2D eigenvalue weighted by atomic mass is 19.2. The van der Waals surface area contributed by atoms with Crippen LogP contribution in [0.15, 0.2) is 18.2 Å². The maximum atomic E-state index is 13.1. The molecule has 1 unspecified atom stereocenters. The Hall–Kier alpha value is -2.18. The van der Waals surface area contributed by atoms with E-state index in [2.05, 4.69) is 10.6 Å². The Bertz CT molecular complexity index is 595. The summed E-state index contributed by atoms with van der Waals surface area (Å²) in [5.41, 5.74) is 0.734. The van der Waals surface area contributed by atoms with Gasteiger partial charge < -0.3 is 15.5 Å². The van der Waals surface area contributed by atoms with Crippen molar-refractivity contribution in [3.8, 4) is 0 Å². The van der Waals surface area contributed by atoms with Gasteiger partial charge in [0, 0.05) is 19.6 Å². The molecule has 1 heterocycles. The Morgan fingerprint density at radius 2 is 2.12 bits per heavy atom. The molecule has 2 N–H and O–H groups in total. The average Bonchev–Trinajstić information content (AvgIpc) is 2.72. The van der Waals surface area contributed by atoms with Crippen LogP contribution in [0.3, 0.4) is 0 Å². The van der Waals surface area contributed by atoms with Gasteiger partial charge in [-0.05, 0) is 50.3 Å². The summed E-state index contributed by atoms with van der Waals surface area (Å²) >= 11 is 0. The van der Waals surface area contributed by atoms with E-state index in [9.17, 15) is 18.4 Å². The Balaban J connectivity index is 1.70. The van der Waals surface area contributed by atoms with Crippen molar-refractivity contribution in [2.24, 2.45) is 0 Å². The highest BCUT2D eigenvalue weighted by molar-refractivity contribution is 5.87. The monoisotopic (exact) mass is 339 g/mol. The van der Waals surface area contributed by atoms with Crippen molar-refractivity contribution in [1.82, 2.24) is 15.5 Å². The zero-order valence-electron chi connectivity index (χ0n) is 13.8. The van der Waals surface area contributed by atoms with Gasteiger partial charge in [-0.2, -0.15) is 0 Å². The summed E-state index contributed by atoms with van der Waals surface area (Å²) in [6.45, 7) is 3.32. The van der Waals surface area contributed by atoms with E-state index < -0.39 is 17.7 Å². The van der Waals surface area contributed by atoms with Crippen molar-refractivity contribution in [3.63, 3.8) is 0 Å². The van der Waals surface area contributed by atoms with Crippen LogP contribution in [0.4, 0.5) is 13.6 Å². The molecule has 3 amide bonds. The molecule has 2 rings (SSSR count). The predicted molar refractivity (Wildman–Crippen MR) is 86.5 cm³/mol. The molecule has 0 radical (unpaired) electrons. The van der Waals surface area contributed by atoms with Gasteiger partial charge in [-0.25, -0.2) is 13.6 Å². The van der Waals surface area contributed by atoms with Crippen LogP contribution >= 0.6 is 0 Å². The van der Waals surface area contributed by atoms with E-state index in [1.807, 2.05) is 0 Å². The second-order valence-electron chi connectivity index (χ2n) is 5.95. The van der Waals surface area contributed by atoms with Crippen LogP contribution in [0, 0.1) is 11.6 Å². The van der Waals surface area contributed by atoms with Crippen molar-refractivity contribution in [2.45, 2.75) is 38.6 Å². The fourth-order valence-electron chi connectivity index (χ4n) is 2.67. The smallest absolute Gasteiger partial charge is 0.318 e. The summed E-state index contributed by atoms with van der Waals surface area (Å²) in [4.78, 5) is 25.4. The SMILES string of the molecule is CC1C(=O)NCCCN1C(=O)NCCCCc1ccc(F)c(F)c1. The van der Waals surface area contributed by atoms with Crippen LogP contribution in [0.2, 0.25) is 0 Å². The van der Waals surface area contributed by atoms with Crippen LogP contribution < -0.4 is 10.6 Å². The molecule has 0 saturated carbocycles. The molecule has 1 aromatic carbocycles. The molecule has 24 heavy (non-hydrogen) atoms. The first kappa shape index (κ1) is 18.2. The molecular formula is C17H23F2N3O2. The summed E-state index contributed by atoms with van der Waals surface area (Å²) in [6.07, 6.45) is 2.83. The number of benzene rings is 1. The quantitative estimate of drug-likeness (QED) is 0.808. The van der Waals surface area contributed by atoms with Gasteiger partial charge in [0.1, 0.15) is 6.04 Å². The van der Waals surface area contributed by atoms with Gasteiger partial charge in [0.25, 0.3) is 0 Å². The first-order valence-electron chi connectivity index (χ1n) is 8.25. The molecule has 1 saturated heterocycles. The van der Waals surface area contributed by atoms with Gasteiger partial charge in [-0.1, -0.05) is 6.07 Å². The van der Waals surface area contributed by atoms with Gasteiger partial charge in [-0.3, -0.25) is 4.79 Å². The molecule has 0 spiro atoms. The lowest BCUT2D eigenvalue weighted by atomic mass is 10.1. The maximum absolute atomic E-state index is 13.1. The Labute approximate surface area is 140 Å². The molecule has 1 aliphatic heterocycles. The first-order chi connectivity index (χ1) is 11.5. The molecule has 1 fully saturated rings. The van der Waals surface area contributed by atoms with Crippen molar-refractivity contribution in [2.75, 3.05) is 19.6 Å². The molecular weight excluding hydrogens is 316 g/mol. The summed E-state index contributed by atoms with van der Waals surface area (Å²) < 4.78 is 25.9. The topological polar surface area (TPSA) is 61.4 Å². The minimum absolute atomic E-state index is 0.138. The Morgan fingerprint density at radius 1 is 1.33 bits per heavy atom. The number of unbranched alkanes of at least 4 members (excludes halogenated alkanes) is 1. The van der Waals surface area contributed by atoms with E-state index in [1.165, 1.54) is 11.0 Å². The molecule has 1 aromatic rings. The first-order valence-corrected chi connectivity index (χ1v) is 8.25. The number of carbonyl (C=O) groups excluding carboxylic acids is 2. The summed E-state index contributed by atoms with van der Waals surface area (Å²) in [7, 11) is 0. The second-order valence-corrected chi connectivity index (χ2v) is 5.95. The summed E-state index contributed by atoms with van der Waals surface area (Å²) in [5, 5.41) is 5.58. The Morgan fingerprint density at radius 3 is 2.88 bits per heavy atom. The van der Waals surface area contributed by atoms with E-state index >= 15 is 0 Å². The third-order valence-electron chi connectivity index (χ3n) is 4.14. The minimum atomic E-state index is -0.846. The maximum Gasteiger partial charge on any atom is 0.318 e. The Kier molecular flexibility index (Phi) is 6.52. The normalized spacial score (nSPS) is 18.0. The summed E-state index contributed by atoms with van der Waals surface area (Å²) in [6, 6.07) is 3.17. The molecule has 0 aliphatic carbocycles. The molecule has 7 heteroatoms. The summed E-state index contributed by atoms with van der Waals surface area (Å²) in [5.74, 6) is -1.82. The molecule has 0 aromatic heterocycles. The molecule has 1 aliphatic rings. The minimum Gasteiger partial charge on any atom is -0.354 e. The van der Waals surface area contributed by atoms with Crippen LogP contribution in [0.5, 0.6) is 0 Å². The third kappa shape index (κ3) is 4.91. The largest absolute Gasteiger partial charge is 0.354 e. The van der Waals surface area contributed by atoms with Gasteiger partial charge in [0.2, 0.25) is 5.91 Å². The van der Waals surface area contributed by atoms with Gasteiger partial charge >= 0.3 is 6.03 Å². The standard InChI is InChI=1S/C17H23F2N3O2/c1-12-16(23)20-9-4-10-22(12)17(24)21-8-3-2-5-13-6-7-14(18)15(19)11-13/h6-7,11-12H,2-5,8-10H2,1H3,(H,20,23)(H,21,24). The lowest BCUT2D eigenvalue weighted by molar-refractivity contribution is -0.124. The lowest BCUT2D eigenvalue weighted by Crippen LogP contribution is -2.49. The number of carbonyl (C=O) groups is 2. The highest BCUT2D eigenvalue weighted by Crippen LogP contribution is 2.11. The van der Waals surface area contributed by atoms with Gasteiger partial charge in [0.15, 0.2) is 11.6 Å². The number of amides is 3. The van der Waals surface area contributed by atoms with E-state index in [0.29, 0.717) is 26.1 Å². The highest BCUT2D eigenvalue weighted by Gasteiger charge is 2.27. The number of nitrogens with zero attached hydrogens (tertiary/aromatic N) is 1. The lowest BCUT2D eigenvalue weighted by Gasteiger charge is -2.25. The number of aryl methyl sites for hydroxylation is 1. The fraction of sp³-hybridized carbons (Fsp3) is 0.529. The zero-order chi connectivity index (χ0) is 17.5. The number of hydrogen-bond acceptors (Lipinski definition) is 2. The van der Waals surface area contributed by atoms with Crippen LogP contribution in [-0.2, 0) is 11.2 Å². The van der Waals surface area contributed by atoms with E-state index in [1.54, 1.807) is 13.0 Å².